The minimum absolute atomic E-state index is 0.0500. The summed E-state index contributed by atoms with van der Waals surface area (Å²) in [7, 11) is -2.49. The van der Waals surface area contributed by atoms with Crippen LogP contribution in [0.5, 0.6) is 11.5 Å². The van der Waals surface area contributed by atoms with Gasteiger partial charge in [0.1, 0.15) is 11.5 Å². The minimum atomic E-state index is -3.93. The standard InChI is InChI=1S/C18H22N2O5S/c1-3-4-9-18(22)19-15-12-13(10-11-16(15)21)26(23,24)20-14-7-5-6-8-17(14)25-2/h5-8,10-12,20-21H,3-4,9H2,1-2H3,(H,19,22). The lowest BCUT2D eigenvalue weighted by atomic mass is 10.2. The van der Waals surface area contributed by atoms with Crippen molar-refractivity contribution in [3.63, 3.8) is 0 Å². The summed E-state index contributed by atoms with van der Waals surface area (Å²) in [6.45, 7) is 1.96. The first-order valence-corrected chi connectivity index (χ1v) is 9.64. The number of hydrogen-bond acceptors (Lipinski definition) is 5. The number of amides is 1. The molecule has 26 heavy (non-hydrogen) atoms. The molecular formula is C18H22N2O5S. The van der Waals surface area contributed by atoms with Crippen LogP contribution in [0, 0.1) is 0 Å². The van der Waals surface area contributed by atoms with Gasteiger partial charge in [0.25, 0.3) is 10.0 Å². The second-order valence-corrected chi connectivity index (χ2v) is 7.32. The lowest BCUT2D eigenvalue weighted by Crippen LogP contribution is -2.15. The van der Waals surface area contributed by atoms with Crippen LogP contribution in [0.3, 0.4) is 0 Å². The molecule has 0 radical (unpaired) electrons. The first-order chi connectivity index (χ1) is 12.4. The molecule has 1 amide bonds. The van der Waals surface area contributed by atoms with Gasteiger partial charge in [-0.2, -0.15) is 0 Å². The van der Waals surface area contributed by atoms with Gasteiger partial charge >= 0.3 is 0 Å². The number of methoxy groups -OCH3 is 1. The molecule has 0 unspecified atom stereocenters. The molecule has 0 saturated carbocycles. The number of carbonyl (C=O) groups is 1. The molecule has 0 aromatic heterocycles. The van der Waals surface area contributed by atoms with Gasteiger partial charge in [-0.15, -0.1) is 0 Å². The highest BCUT2D eigenvalue weighted by Gasteiger charge is 2.18. The van der Waals surface area contributed by atoms with Crippen molar-refractivity contribution in [1.82, 2.24) is 0 Å². The lowest BCUT2D eigenvalue weighted by Gasteiger charge is -2.13. The molecule has 2 aromatic carbocycles. The lowest BCUT2D eigenvalue weighted by molar-refractivity contribution is -0.116. The zero-order valence-corrected chi connectivity index (χ0v) is 15.5. The molecule has 2 rings (SSSR count). The maximum absolute atomic E-state index is 12.6. The number of phenolic OH excluding ortho intramolecular Hbond substituents is 1. The Labute approximate surface area is 153 Å². The van der Waals surface area contributed by atoms with Crippen LogP contribution in [0.4, 0.5) is 11.4 Å². The third-order valence-electron chi connectivity index (χ3n) is 3.66. The summed E-state index contributed by atoms with van der Waals surface area (Å²) in [6.07, 6.45) is 1.86. The second-order valence-electron chi connectivity index (χ2n) is 5.64. The second kappa shape index (κ2) is 8.57. The number of aromatic hydroxyl groups is 1. The van der Waals surface area contributed by atoms with Crippen LogP contribution in [-0.2, 0) is 14.8 Å². The summed E-state index contributed by atoms with van der Waals surface area (Å²) in [4.78, 5) is 11.8. The van der Waals surface area contributed by atoms with Gasteiger partial charge in [-0.3, -0.25) is 9.52 Å². The van der Waals surface area contributed by atoms with Crippen molar-refractivity contribution in [2.45, 2.75) is 31.1 Å². The average Bonchev–Trinajstić information content (AvgIpc) is 2.61. The topological polar surface area (TPSA) is 105 Å². The maximum Gasteiger partial charge on any atom is 0.262 e. The fourth-order valence-corrected chi connectivity index (χ4v) is 3.36. The zero-order valence-electron chi connectivity index (χ0n) is 14.7. The summed E-state index contributed by atoms with van der Waals surface area (Å²) in [5, 5.41) is 12.4. The SMILES string of the molecule is CCCCC(=O)Nc1cc(S(=O)(=O)Nc2ccccc2OC)ccc1O. The molecule has 0 aliphatic carbocycles. The smallest absolute Gasteiger partial charge is 0.262 e. The number of sulfonamides is 1. The Morgan fingerprint density at radius 3 is 2.58 bits per heavy atom. The van der Waals surface area contributed by atoms with Crippen molar-refractivity contribution in [1.29, 1.82) is 0 Å². The van der Waals surface area contributed by atoms with E-state index < -0.39 is 10.0 Å². The fourth-order valence-electron chi connectivity index (χ4n) is 2.27. The third-order valence-corrected chi connectivity index (χ3v) is 5.02. The van der Waals surface area contributed by atoms with Gasteiger partial charge in [-0.05, 0) is 36.8 Å². The van der Waals surface area contributed by atoms with Gasteiger partial charge in [0.15, 0.2) is 0 Å². The van der Waals surface area contributed by atoms with Crippen LogP contribution in [0.15, 0.2) is 47.4 Å². The number of anilines is 2. The van der Waals surface area contributed by atoms with Crippen molar-refractivity contribution >= 4 is 27.3 Å². The zero-order chi connectivity index (χ0) is 19.2. The monoisotopic (exact) mass is 378 g/mol. The van der Waals surface area contributed by atoms with E-state index in [0.29, 0.717) is 18.6 Å². The molecule has 0 bridgehead atoms. The van der Waals surface area contributed by atoms with E-state index in [0.717, 1.165) is 6.42 Å². The molecule has 140 valence electrons. The molecule has 8 heteroatoms. The molecule has 0 atom stereocenters. The molecule has 0 heterocycles. The van der Waals surface area contributed by atoms with Gasteiger partial charge in [-0.1, -0.05) is 25.5 Å². The Bertz CT molecular complexity index is 881. The number of rotatable bonds is 8. The molecule has 0 spiro atoms. The molecule has 2 aromatic rings. The van der Waals surface area contributed by atoms with Crippen LogP contribution in [0.2, 0.25) is 0 Å². The van der Waals surface area contributed by atoms with E-state index >= 15 is 0 Å². The predicted molar refractivity (Wildman–Crippen MR) is 100 cm³/mol. The average molecular weight is 378 g/mol. The van der Waals surface area contributed by atoms with E-state index in [2.05, 4.69) is 10.0 Å². The van der Waals surface area contributed by atoms with E-state index in [1.54, 1.807) is 24.3 Å². The maximum atomic E-state index is 12.6. The number of para-hydroxylation sites is 2. The van der Waals surface area contributed by atoms with Gasteiger partial charge in [-0.25, -0.2) is 8.42 Å². The van der Waals surface area contributed by atoms with E-state index in [4.69, 9.17) is 4.74 Å². The summed E-state index contributed by atoms with van der Waals surface area (Å²) >= 11 is 0. The van der Waals surface area contributed by atoms with Crippen LogP contribution >= 0.6 is 0 Å². The molecule has 0 saturated heterocycles. The summed E-state index contributed by atoms with van der Waals surface area (Å²) in [5.41, 5.74) is 0.339. The number of phenols is 1. The molecule has 3 N–H and O–H groups in total. The Kier molecular flexibility index (Phi) is 6.46. The minimum Gasteiger partial charge on any atom is -0.506 e. The largest absolute Gasteiger partial charge is 0.506 e. The summed E-state index contributed by atoms with van der Waals surface area (Å²) in [6, 6.07) is 10.3. The van der Waals surface area contributed by atoms with E-state index in [1.165, 1.54) is 25.3 Å². The molecule has 0 fully saturated rings. The van der Waals surface area contributed by atoms with Crippen molar-refractivity contribution in [3.8, 4) is 11.5 Å². The predicted octanol–water partition coefficient (Wildman–Crippen LogP) is 3.33. The number of nitrogens with one attached hydrogen (secondary N) is 2. The van der Waals surface area contributed by atoms with Crippen molar-refractivity contribution in [2.75, 3.05) is 17.1 Å². The van der Waals surface area contributed by atoms with Crippen LogP contribution in [0.25, 0.3) is 0 Å². The van der Waals surface area contributed by atoms with Gasteiger partial charge in [0.2, 0.25) is 5.91 Å². The molecule has 0 aliphatic rings. The highest BCUT2D eigenvalue weighted by Crippen LogP contribution is 2.30. The van der Waals surface area contributed by atoms with Crippen molar-refractivity contribution in [3.05, 3.63) is 42.5 Å². The van der Waals surface area contributed by atoms with Gasteiger partial charge in [0, 0.05) is 6.42 Å². The normalized spacial score (nSPS) is 11.0. The molecular weight excluding hydrogens is 356 g/mol. The first-order valence-electron chi connectivity index (χ1n) is 8.16. The van der Waals surface area contributed by atoms with Gasteiger partial charge in [0.05, 0.1) is 23.4 Å². The Morgan fingerprint density at radius 2 is 1.88 bits per heavy atom. The third kappa shape index (κ3) is 4.89. The van der Waals surface area contributed by atoms with Gasteiger partial charge < -0.3 is 15.2 Å². The number of benzene rings is 2. The van der Waals surface area contributed by atoms with Crippen LogP contribution in [0.1, 0.15) is 26.2 Å². The number of hydrogen-bond donors (Lipinski definition) is 3. The van der Waals surface area contributed by atoms with Crippen molar-refractivity contribution in [2.24, 2.45) is 0 Å². The Morgan fingerprint density at radius 1 is 1.15 bits per heavy atom. The quantitative estimate of drug-likeness (QED) is 0.611. The van der Waals surface area contributed by atoms with Crippen molar-refractivity contribution < 1.29 is 23.1 Å². The summed E-state index contributed by atoms with van der Waals surface area (Å²) < 4.78 is 32.8. The number of ether oxygens (including phenoxy) is 1. The van der Waals surface area contributed by atoms with Crippen LogP contribution < -0.4 is 14.8 Å². The van der Waals surface area contributed by atoms with Crippen LogP contribution in [-0.4, -0.2) is 26.5 Å². The highest BCUT2D eigenvalue weighted by molar-refractivity contribution is 7.92. The number of carbonyl (C=O) groups excluding carboxylic acids is 1. The highest BCUT2D eigenvalue weighted by atomic mass is 32.2. The molecule has 0 aliphatic heterocycles. The Balaban J connectivity index is 2.26. The molecule has 7 nitrogen and oxygen atoms in total. The Hall–Kier alpha value is -2.74. The van der Waals surface area contributed by atoms with E-state index in [9.17, 15) is 18.3 Å². The van der Waals surface area contributed by atoms with E-state index in [1.807, 2.05) is 6.92 Å². The fraction of sp³-hybridized carbons (Fsp3) is 0.278. The van der Waals surface area contributed by atoms with E-state index in [-0.39, 0.29) is 27.9 Å². The summed E-state index contributed by atoms with van der Waals surface area (Å²) in [5.74, 6) is -0.108. The number of unbranched alkanes of at least 4 members (excludes halogenated alkanes) is 1. The first kappa shape index (κ1) is 19.6.